The molecule has 2 aromatic rings. The zero-order valence-electron chi connectivity index (χ0n) is 11.8. The van der Waals surface area contributed by atoms with Gasteiger partial charge in [-0.2, -0.15) is 0 Å². The van der Waals surface area contributed by atoms with Crippen LogP contribution in [0.15, 0.2) is 42.5 Å². The molecule has 0 aliphatic carbocycles. The summed E-state index contributed by atoms with van der Waals surface area (Å²) in [6.45, 7) is 0. The van der Waals surface area contributed by atoms with Crippen LogP contribution in [-0.4, -0.2) is 14.2 Å². The van der Waals surface area contributed by atoms with Gasteiger partial charge < -0.3 is 14.8 Å². The van der Waals surface area contributed by atoms with Crippen molar-refractivity contribution in [2.24, 2.45) is 0 Å². The first-order valence-electron chi connectivity index (χ1n) is 6.87. The summed E-state index contributed by atoms with van der Waals surface area (Å²) in [5.41, 5.74) is 3.82. The molecule has 0 aromatic heterocycles. The monoisotopic (exact) mass is 269 g/mol. The van der Waals surface area contributed by atoms with Crippen molar-refractivity contribution in [2.45, 2.75) is 18.9 Å². The third-order valence-corrected chi connectivity index (χ3v) is 3.83. The fourth-order valence-electron chi connectivity index (χ4n) is 2.72. The van der Waals surface area contributed by atoms with Gasteiger partial charge in [-0.1, -0.05) is 18.2 Å². The molecule has 0 saturated carbocycles. The molecule has 1 aliphatic rings. The van der Waals surface area contributed by atoms with Gasteiger partial charge in [0.25, 0.3) is 0 Å². The topological polar surface area (TPSA) is 30.5 Å². The van der Waals surface area contributed by atoms with E-state index in [4.69, 9.17) is 9.47 Å². The van der Waals surface area contributed by atoms with Crippen LogP contribution in [0.3, 0.4) is 0 Å². The highest BCUT2D eigenvalue weighted by Gasteiger charge is 2.19. The van der Waals surface area contributed by atoms with E-state index in [9.17, 15) is 0 Å². The lowest BCUT2D eigenvalue weighted by atomic mass is 9.93. The molecule has 0 spiro atoms. The smallest absolute Gasteiger partial charge is 0.122 e. The molecule has 2 aromatic carbocycles. The van der Waals surface area contributed by atoms with Crippen molar-refractivity contribution in [3.63, 3.8) is 0 Å². The number of ether oxygens (including phenoxy) is 2. The van der Waals surface area contributed by atoms with E-state index in [-0.39, 0.29) is 0 Å². The van der Waals surface area contributed by atoms with Crippen molar-refractivity contribution in [2.75, 3.05) is 19.5 Å². The molecule has 0 radical (unpaired) electrons. The predicted molar refractivity (Wildman–Crippen MR) is 80.7 cm³/mol. The van der Waals surface area contributed by atoms with Gasteiger partial charge in [0.2, 0.25) is 0 Å². The van der Waals surface area contributed by atoms with Crippen LogP contribution in [0.5, 0.6) is 11.5 Å². The number of para-hydroxylation sites is 1. The molecule has 20 heavy (non-hydrogen) atoms. The fourth-order valence-corrected chi connectivity index (χ4v) is 2.72. The van der Waals surface area contributed by atoms with Gasteiger partial charge in [0, 0.05) is 11.8 Å². The Balaban J connectivity index is 1.91. The van der Waals surface area contributed by atoms with Crippen molar-refractivity contribution in [3.05, 3.63) is 53.6 Å². The third-order valence-electron chi connectivity index (χ3n) is 3.83. The van der Waals surface area contributed by atoms with Gasteiger partial charge in [0.05, 0.1) is 20.3 Å². The lowest BCUT2D eigenvalue weighted by Crippen LogP contribution is -2.18. The molecule has 0 saturated heterocycles. The van der Waals surface area contributed by atoms with Gasteiger partial charge in [0.15, 0.2) is 0 Å². The van der Waals surface area contributed by atoms with Crippen LogP contribution in [0.25, 0.3) is 0 Å². The highest BCUT2D eigenvalue weighted by atomic mass is 16.5. The highest BCUT2D eigenvalue weighted by Crippen LogP contribution is 2.35. The van der Waals surface area contributed by atoms with E-state index >= 15 is 0 Å². The molecular formula is C17H19NO2. The van der Waals surface area contributed by atoms with E-state index < -0.39 is 0 Å². The summed E-state index contributed by atoms with van der Waals surface area (Å²) < 4.78 is 10.7. The number of fused-ring (bicyclic) bond motifs is 1. The maximum Gasteiger partial charge on any atom is 0.122 e. The van der Waals surface area contributed by atoms with Crippen LogP contribution in [0.1, 0.15) is 23.6 Å². The van der Waals surface area contributed by atoms with E-state index in [1.165, 1.54) is 16.8 Å². The van der Waals surface area contributed by atoms with Gasteiger partial charge in [-0.05, 0) is 42.2 Å². The Hall–Kier alpha value is -2.16. The number of methoxy groups -OCH3 is 2. The summed E-state index contributed by atoms with van der Waals surface area (Å²) in [5.74, 6) is 1.67. The lowest BCUT2D eigenvalue weighted by molar-refractivity contribution is 0.392. The Bertz CT molecular complexity index is 587. The number of aryl methyl sites for hydroxylation is 1. The van der Waals surface area contributed by atoms with Gasteiger partial charge >= 0.3 is 0 Å². The molecule has 3 rings (SSSR count). The molecule has 1 atom stereocenters. The van der Waals surface area contributed by atoms with E-state index in [0.717, 1.165) is 24.3 Å². The van der Waals surface area contributed by atoms with Crippen LogP contribution >= 0.6 is 0 Å². The first kappa shape index (κ1) is 12.9. The van der Waals surface area contributed by atoms with Crippen LogP contribution in [0.2, 0.25) is 0 Å². The standard InChI is InChI=1S/C17H19NO2/c1-19-14-9-13(10-15(11-14)20-2)17-8-7-12-5-3-4-6-16(12)18-17/h3-6,9-11,17-18H,7-8H2,1-2H3. The normalized spacial score (nSPS) is 17.0. The molecular weight excluding hydrogens is 250 g/mol. The largest absolute Gasteiger partial charge is 0.497 e. The summed E-state index contributed by atoms with van der Waals surface area (Å²) in [5, 5.41) is 3.60. The summed E-state index contributed by atoms with van der Waals surface area (Å²) in [6.07, 6.45) is 2.17. The molecule has 0 amide bonds. The number of rotatable bonds is 3. The molecule has 1 unspecified atom stereocenters. The molecule has 1 N–H and O–H groups in total. The second-order valence-electron chi connectivity index (χ2n) is 5.04. The Kier molecular flexibility index (Phi) is 3.50. The van der Waals surface area contributed by atoms with Crippen LogP contribution < -0.4 is 14.8 Å². The number of benzene rings is 2. The van der Waals surface area contributed by atoms with Gasteiger partial charge in [-0.3, -0.25) is 0 Å². The van der Waals surface area contributed by atoms with E-state index in [1.807, 2.05) is 6.07 Å². The average Bonchev–Trinajstić information content (AvgIpc) is 2.53. The summed E-state index contributed by atoms with van der Waals surface area (Å²) in [6, 6.07) is 14.8. The molecule has 3 heteroatoms. The van der Waals surface area contributed by atoms with Crippen LogP contribution in [-0.2, 0) is 6.42 Å². The van der Waals surface area contributed by atoms with E-state index in [0.29, 0.717) is 6.04 Å². The molecule has 1 aliphatic heterocycles. The van der Waals surface area contributed by atoms with Crippen molar-refractivity contribution in [1.82, 2.24) is 0 Å². The summed E-state index contributed by atoms with van der Waals surface area (Å²) >= 11 is 0. The SMILES string of the molecule is COc1cc(OC)cc(C2CCc3ccccc3N2)c1. The second kappa shape index (κ2) is 5.45. The Morgan fingerprint density at radius 1 is 1.00 bits per heavy atom. The Labute approximate surface area is 119 Å². The number of hydrogen-bond donors (Lipinski definition) is 1. The third kappa shape index (κ3) is 2.44. The number of nitrogens with one attached hydrogen (secondary N) is 1. The van der Waals surface area contributed by atoms with E-state index in [1.54, 1.807) is 14.2 Å². The molecule has 3 nitrogen and oxygen atoms in total. The van der Waals surface area contributed by atoms with Crippen molar-refractivity contribution in [1.29, 1.82) is 0 Å². The molecule has 104 valence electrons. The number of hydrogen-bond acceptors (Lipinski definition) is 3. The van der Waals surface area contributed by atoms with Gasteiger partial charge in [0.1, 0.15) is 11.5 Å². The van der Waals surface area contributed by atoms with E-state index in [2.05, 4.69) is 41.7 Å². The van der Waals surface area contributed by atoms with Gasteiger partial charge in [-0.15, -0.1) is 0 Å². The molecule has 0 bridgehead atoms. The molecule has 1 heterocycles. The average molecular weight is 269 g/mol. The maximum atomic E-state index is 5.35. The van der Waals surface area contributed by atoms with Crippen molar-refractivity contribution in [3.8, 4) is 11.5 Å². The quantitative estimate of drug-likeness (QED) is 0.919. The highest BCUT2D eigenvalue weighted by molar-refractivity contribution is 5.55. The Morgan fingerprint density at radius 3 is 2.40 bits per heavy atom. The minimum Gasteiger partial charge on any atom is -0.497 e. The van der Waals surface area contributed by atoms with Crippen LogP contribution in [0, 0.1) is 0 Å². The molecule has 0 fully saturated rings. The zero-order valence-corrected chi connectivity index (χ0v) is 11.8. The fraction of sp³-hybridized carbons (Fsp3) is 0.294. The maximum absolute atomic E-state index is 5.35. The summed E-state index contributed by atoms with van der Waals surface area (Å²) in [7, 11) is 3.37. The van der Waals surface area contributed by atoms with Crippen LogP contribution in [0.4, 0.5) is 5.69 Å². The Morgan fingerprint density at radius 2 is 1.70 bits per heavy atom. The zero-order chi connectivity index (χ0) is 13.9. The predicted octanol–water partition coefficient (Wildman–Crippen LogP) is 3.80. The minimum absolute atomic E-state index is 0.300. The first-order valence-corrected chi connectivity index (χ1v) is 6.87. The number of anilines is 1. The summed E-state index contributed by atoms with van der Waals surface area (Å²) in [4.78, 5) is 0. The lowest BCUT2D eigenvalue weighted by Gasteiger charge is -2.27. The first-order chi connectivity index (χ1) is 9.80. The van der Waals surface area contributed by atoms with Crippen molar-refractivity contribution >= 4 is 5.69 Å². The van der Waals surface area contributed by atoms with Gasteiger partial charge in [-0.25, -0.2) is 0 Å². The second-order valence-corrected chi connectivity index (χ2v) is 5.04. The van der Waals surface area contributed by atoms with Crippen molar-refractivity contribution < 1.29 is 9.47 Å². The minimum atomic E-state index is 0.300.